The van der Waals surface area contributed by atoms with Crippen molar-refractivity contribution in [3.05, 3.63) is 35.4 Å². The fourth-order valence-corrected chi connectivity index (χ4v) is 3.64. The summed E-state index contributed by atoms with van der Waals surface area (Å²) in [6.45, 7) is 1.85. The molecule has 136 valence electrons. The first-order chi connectivity index (χ1) is 11.7. The van der Waals surface area contributed by atoms with Crippen LogP contribution in [0.2, 0.25) is 0 Å². The Kier molecular flexibility index (Phi) is 4.62. The Hall–Kier alpha value is -1.89. The molecule has 1 heterocycles. The molecule has 1 atom stereocenters. The Labute approximate surface area is 144 Å². The zero-order valence-corrected chi connectivity index (χ0v) is 14.0. The van der Waals surface area contributed by atoms with Gasteiger partial charge in [-0.05, 0) is 31.9 Å². The second-order valence-corrected chi connectivity index (χ2v) is 6.92. The van der Waals surface area contributed by atoms with Crippen LogP contribution in [0.25, 0.3) is 0 Å². The summed E-state index contributed by atoms with van der Waals surface area (Å²) in [7, 11) is 0. The van der Waals surface area contributed by atoms with Gasteiger partial charge in [0.2, 0.25) is 0 Å². The van der Waals surface area contributed by atoms with Gasteiger partial charge >= 0.3 is 6.18 Å². The number of nitrogens with zero attached hydrogens (tertiary/aromatic N) is 2. The molecule has 1 aromatic rings. The van der Waals surface area contributed by atoms with Gasteiger partial charge in [-0.1, -0.05) is 37.0 Å². The molecule has 0 unspecified atom stereocenters. The minimum Gasteiger partial charge on any atom is -0.368 e. The highest BCUT2D eigenvalue weighted by atomic mass is 19.4. The molecule has 1 aromatic carbocycles. The van der Waals surface area contributed by atoms with Crippen molar-refractivity contribution in [2.24, 2.45) is 11.0 Å². The van der Waals surface area contributed by atoms with Gasteiger partial charge in [0.05, 0.1) is 0 Å². The summed E-state index contributed by atoms with van der Waals surface area (Å²) in [4.78, 5) is 12.8. The number of hydrazone groups is 1. The van der Waals surface area contributed by atoms with Crippen molar-refractivity contribution >= 4 is 11.6 Å². The zero-order chi connectivity index (χ0) is 18.2. The van der Waals surface area contributed by atoms with E-state index in [0.717, 1.165) is 24.8 Å². The molecular formula is C18H21F3N2O2. The van der Waals surface area contributed by atoms with E-state index in [9.17, 15) is 23.1 Å². The van der Waals surface area contributed by atoms with E-state index in [2.05, 4.69) is 5.10 Å². The number of hydrogen-bond donors (Lipinski definition) is 1. The molecule has 1 saturated carbocycles. The van der Waals surface area contributed by atoms with E-state index in [1.165, 1.54) is 0 Å². The van der Waals surface area contributed by atoms with E-state index in [1.807, 2.05) is 6.92 Å². The predicted octanol–water partition coefficient (Wildman–Crippen LogP) is 4.03. The van der Waals surface area contributed by atoms with Gasteiger partial charge in [-0.3, -0.25) is 4.79 Å². The van der Waals surface area contributed by atoms with E-state index in [0.29, 0.717) is 17.9 Å². The highest BCUT2D eigenvalue weighted by molar-refractivity contribution is 5.99. The average Bonchev–Trinajstić information content (AvgIpc) is 2.95. The van der Waals surface area contributed by atoms with Gasteiger partial charge in [-0.25, -0.2) is 0 Å². The van der Waals surface area contributed by atoms with Crippen molar-refractivity contribution in [1.82, 2.24) is 5.01 Å². The smallest absolute Gasteiger partial charge is 0.368 e. The Balaban J connectivity index is 1.96. The largest absolute Gasteiger partial charge is 0.431 e. The first-order valence-electron chi connectivity index (χ1n) is 8.50. The number of amides is 1. The summed E-state index contributed by atoms with van der Waals surface area (Å²) in [5.41, 5.74) is -1.86. The van der Waals surface area contributed by atoms with E-state index in [1.54, 1.807) is 24.3 Å². The molecule has 0 aromatic heterocycles. The van der Waals surface area contributed by atoms with Crippen molar-refractivity contribution in [2.75, 3.05) is 0 Å². The molecule has 2 aliphatic rings. The summed E-state index contributed by atoms with van der Waals surface area (Å²) in [6, 6.07) is 6.49. The summed E-state index contributed by atoms with van der Waals surface area (Å²) in [5, 5.41) is 15.3. The molecule has 1 fully saturated rings. The van der Waals surface area contributed by atoms with Gasteiger partial charge in [-0.2, -0.15) is 23.3 Å². The third kappa shape index (κ3) is 3.42. The monoisotopic (exact) mass is 354 g/mol. The maximum atomic E-state index is 13.2. The number of benzene rings is 1. The van der Waals surface area contributed by atoms with Gasteiger partial charge in [0.15, 0.2) is 5.72 Å². The summed E-state index contributed by atoms with van der Waals surface area (Å²) >= 11 is 0. The summed E-state index contributed by atoms with van der Waals surface area (Å²) in [6.07, 6.45) is -1.49. The van der Waals surface area contributed by atoms with Gasteiger partial charge in [0.1, 0.15) is 5.71 Å². The molecule has 0 bridgehead atoms. The number of aliphatic hydroxyl groups is 1. The van der Waals surface area contributed by atoms with Crippen molar-refractivity contribution in [2.45, 2.75) is 57.3 Å². The lowest BCUT2D eigenvalue weighted by Crippen LogP contribution is -2.52. The summed E-state index contributed by atoms with van der Waals surface area (Å²) < 4.78 is 39.6. The first kappa shape index (κ1) is 17.9. The topological polar surface area (TPSA) is 52.9 Å². The van der Waals surface area contributed by atoms with Crippen LogP contribution < -0.4 is 0 Å². The van der Waals surface area contributed by atoms with Crippen LogP contribution >= 0.6 is 0 Å². The second kappa shape index (κ2) is 6.44. The fraction of sp³-hybridized carbons (Fsp3) is 0.556. The highest BCUT2D eigenvalue weighted by Crippen LogP contribution is 2.43. The van der Waals surface area contributed by atoms with Crippen molar-refractivity contribution in [3.63, 3.8) is 0 Å². The Morgan fingerprint density at radius 3 is 2.36 bits per heavy atom. The van der Waals surface area contributed by atoms with Crippen LogP contribution in [-0.2, 0) is 0 Å². The minimum absolute atomic E-state index is 0.215. The summed E-state index contributed by atoms with van der Waals surface area (Å²) in [5.74, 6) is -1.11. The van der Waals surface area contributed by atoms with Crippen molar-refractivity contribution < 1.29 is 23.1 Å². The maximum absolute atomic E-state index is 13.2. The van der Waals surface area contributed by atoms with E-state index < -0.39 is 35.9 Å². The predicted molar refractivity (Wildman–Crippen MR) is 87.0 cm³/mol. The quantitative estimate of drug-likeness (QED) is 0.872. The molecule has 3 rings (SSSR count). The van der Waals surface area contributed by atoms with Gasteiger partial charge in [0.25, 0.3) is 5.91 Å². The van der Waals surface area contributed by atoms with E-state index >= 15 is 0 Å². The van der Waals surface area contributed by atoms with Crippen LogP contribution in [0.1, 0.15) is 54.4 Å². The molecule has 7 heteroatoms. The molecule has 0 spiro atoms. The zero-order valence-electron chi connectivity index (χ0n) is 14.0. The van der Waals surface area contributed by atoms with Crippen LogP contribution in [0.5, 0.6) is 0 Å². The molecule has 25 heavy (non-hydrogen) atoms. The lowest BCUT2D eigenvalue weighted by Gasteiger charge is -2.40. The van der Waals surface area contributed by atoms with E-state index in [-0.39, 0.29) is 5.56 Å². The standard InChI is InChI=1S/C18H21F3N2O2/c1-12-7-9-13(10-8-12)16(24)23-17(25,14-5-3-2-4-6-14)11-15(22-23)18(19,20)21/h7-10,14,25H,2-6,11H2,1H3/t17-/m1/s1. The number of alkyl halides is 3. The normalized spacial score (nSPS) is 25.2. The van der Waals surface area contributed by atoms with Crippen LogP contribution in [-0.4, -0.2) is 33.6 Å². The van der Waals surface area contributed by atoms with Crippen LogP contribution in [0, 0.1) is 12.8 Å². The number of carbonyl (C=O) groups is 1. The molecule has 1 N–H and O–H groups in total. The van der Waals surface area contributed by atoms with Crippen LogP contribution in [0.3, 0.4) is 0 Å². The molecule has 0 saturated heterocycles. The molecule has 1 amide bonds. The third-order valence-corrected chi connectivity index (χ3v) is 5.09. The molecular weight excluding hydrogens is 333 g/mol. The first-order valence-corrected chi connectivity index (χ1v) is 8.50. The Bertz CT molecular complexity index is 679. The average molecular weight is 354 g/mol. The number of carbonyl (C=O) groups excluding carboxylic acids is 1. The van der Waals surface area contributed by atoms with Crippen LogP contribution in [0.15, 0.2) is 29.4 Å². The third-order valence-electron chi connectivity index (χ3n) is 5.09. The second-order valence-electron chi connectivity index (χ2n) is 6.92. The number of rotatable bonds is 2. The van der Waals surface area contributed by atoms with Crippen LogP contribution in [0.4, 0.5) is 13.2 Å². The molecule has 0 radical (unpaired) electrons. The maximum Gasteiger partial charge on any atom is 0.431 e. The highest BCUT2D eigenvalue weighted by Gasteiger charge is 2.55. The van der Waals surface area contributed by atoms with Gasteiger partial charge in [-0.15, -0.1) is 0 Å². The molecule has 4 nitrogen and oxygen atoms in total. The number of halogens is 3. The van der Waals surface area contributed by atoms with Crippen molar-refractivity contribution in [3.8, 4) is 0 Å². The minimum atomic E-state index is -4.66. The van der Waals surface area contributed by atoms with Gasteiger partial charge in [0, 0.05) is 17.9 Å². The Morgan fingerprint density at radius 1 is 1.20 bits per heavy atom. The number of aryl methyl sites for hydroxylation is 1. The van der Waals surface area contributed by atoms with Gasteiger partial charge < -0.3 is 5.11 Å². The van der Waals surface area contributed by atoms with Crippen molar-refractivity contribution in [1.29, 1.82) is 0 Å². The molecule has 1 aliphatic heterocycles. The fourth-order valence-electron chi connectivity index (χ4n) is 3.64. The van der Waals surface area contributed by atoms with E-state index in [4.69, 9.17) is 0 Å². The number of hydrogen-bond acceptors (Lipinski definition) is 3. The lowest BCUT2D eigenvalue weighted by atomic mass is 9.79. The Morgan fingerprint density at radius 2 is 1.80 bits per heavy atom. The lowest BCUT2D eigenvalue weighted by molar-refractivity contribution is -0.123. The SMILES string of the molecule is Cc1ccc(C(=O)N2N=C(C(F)(F)F)C[C@@]2(O)C2CCCCC2)cc1. The molecule has 1 aliphatic carbocycles.